The summed E-state index contributed by atoms with van der Waals surface area (Å²) < 4.78 is 109. The molecule has 0 atom stereocenters. The van der Waals surface area contributed by atoms with Gasteiger partial charge in [0.05, 0.1) is 24.7 Å². The fourth-order valence-corrected chi connectivity index (χ4v) is 7.98. The van der Waals surface area contributed by atoms with Crippen molar-refractivity contribution >= 4 is 32.8 Å². The molecule has 10 rings (SSSR count). The van der Waals surface area contributed by atoms with E-state index in [2.05, 4.69) is 16.7 Å². The number of hydrogen-bond acceptors (Lipinski definition) is 2. The molecule has 3 heterocycles. The molecule has 0 aliphatic heterocycles. The summed E-state index contributed by atoms with van der Waals surface area (Å²) in [5.74, 6) is 1.04. The number of benzene rings is 7. The second-order valence-electron chi connectivity index (χ2n) is 13.9. The monoisotopic (exact) mass is 762 g/mol. The van der Waals surface area contributed by atoms with Crippen LogP contribution in [0.4, 0.5) is 0 Å². The lowest BCUT2D eigenvalue weighted by Crippen LogP contribution is -2.30. The van der Waals surface area contributed by atoms with Crippen LogP contribution in [0.5, 0.6) is 11.5 Å². The van der Waals surface area contributed by atoms with E-state index >= 15 is 0 Å². The van der Waals surface area contributed by atoms with Crippen molar-refractivity contribution in [3.05, 3.63) is 200 Å². The van der Waals surface area contributed by atoms with Crippen LogP contribution in [0.15, 0.2) is 194 Å². The second kappa shape index (κ2) is 15.0. The van der Waals surface area contributed by atoms with E-state index in [4.69, 9.17) is 23.4 Å². The van der Waals surface area contributed by atoms with Gasteiger partial charge in [-0.2, -0.15) is 9.13 Å². The Labute approximate surface area is 354 Å². The predicted molar refractivity (Wildman–Crippen MR) is 238 cm³/mol. The zero-order valence-corrected chi connectivity index (χ0v) is 31.8. The van der Waals surface area contributed by atoms with E-state index in [-0.39, 0.29) is 27.9 Å². The summed E-state index contributed by atoms with van der Waals surface area (Å²) in [5.41, 5.74) is 5.10. The number of para-hydroxylation sites is 4. The number of nitrogens with zero attached hydrogens (tertiary/aromatic N) is 4. The third kappa shape index (κ3) is 6.22. The molecule has 10 aromatic rings. The van der Waals surface area contributed by atoms with E-state index in [0.29, 0.717) is 46.9 Å². The van der Waals surface area contributed by atoms with Gasteiger partial charge in [0, 0.05) is 41.6 Å². The van der Waals surface area contributed by atoms with E-state index < -0.39 is 66.3 Å². The molecule has 0 aliphatic rings. The molecule has 7 aromatic carbocycles. The Morgan fingerprint density at radius 3 is 2.03 bits per heavy atom. The number of hydrogen-bond donors (Lipinski definition) is 0. The number of fused-ring (bicyclic) bond motifs is 4. The summed E-state index contributed by atoms with van der Waals surface area (Å²) in [5, 5.41) is 2.06. The maximum atomic E-state index is 9.17. The minimum atomic E-state index is -0.750. The van der Waals surface area contributed by atoms with Gasteiger partial charge in [-0.15, -0.1) is 0 Å². The summed E-state index contributed by atoms with van der Waals surface area (Å²) >= 11 is 0. The molecule has 0 spiro atoms. The van der Waals surface area contributed by atoms with Crippen LogP contribution in [-0.4, -0.2) is 14.1 Å². The predicted octanol–water partition coefficient (Wildman–Crippen LogP) is 13.4. The van der Waals surface area contributed by atoms with Gasteiger partial charge in [0.2, 0.25) is 0 Å². The molecule has 0 saturated heterocycles. The van der Waals surface area contributed by atoms with Crippen LogP contribution in [0, 0.1) is 0 Å². The van der Waals surface area contributed by atoms with Crippen LogP contribution in [0.1, 0.15) is 53.2 Å². The first-order valence-corrected chi connectivity index (χ1v) is 19.3. The summed E-state index contributed by atoms with van der Waals surface area (Å²) in [4.78, 5) is 4.80. The first kappa shape index (κ1) is 25.1. The largest absolute Gasteiger partial charge is 0.457 e. The highest BCUT2D eigenvalue weighted by molar-refractivity contribution is 6.09. The lowest BCUT2D eigenvalue weighted by Gasteiger charge is -2.15. The van der Waals surface area contributed by atoms with Gasteiger partial charge in [0.15, 0.2) is 11.0 Å². The third-order valence-corrected chi connectivity index (χ3v) is 10.7. The highest BCUT2D eigenvalue weighted by Gasteiger charge is 2.25. The van der Waals surface area contributed by atoms with Gasteiger partial charge in [-0.05, 0) is 90.0 Å². The highest BCUT2D eigenvalue weighted by Crippen LogP contribution is 2.37. The van der Waals surface area contributed by atoms with Crippen molar-refractivity contribution in [2.45, 2.75) is 32.6 Å². The number of imidazole rings is 1. The lowest BCUT2D eigenvalue weighted by molar-refractivity contribution is -0.566. The van der Waals surface area contributed by atoms with Crippen LogP contribution in [0.3, 0.4) is 0 Å². The summed E-state index contributed by atoms with van der Waals surface area (Å²) in [7, 11) is 0. The lowest BCUT2D eigenvalue weighted by atomic mass is 9.95. The molecular weight excluding hydrogens is 709 g/mol. The average molecular weight is 763 g/mol. The Morgan fingerprint density at radius 2 is 1.29 bits per heavy atom. The molecule has 0 bridgehead atoms. The van der Waals surface area contributed by atoms with Gasteiger partial charge in [-0.1, -0.05) is 129 Å². The van der Waals surface area contributed by atoms with E-state index in [0.717, 1.165) is 27.4 Å². The minimum Gasteiger partial charge on any atom is -0.457 e. The van der Waals surface area contributed by atoms with E-state index in [1.54, 1.807) is 35.3 Å². The Kier molecular flexibility index (Phi) is 6.50. The molecule has 0 saturated carbocycles. The molecule has 0 N–H and O–H groups in total. The topological polar surface area (TPSA) is 35.9 Å². The van der Waals surface area contributed by atoms with E-state index in [1.165, 1.54) is 0 Å². The van der Waals surface area contributed by atoms with Crippen LogP contribution in [0.25, 0.3) is 72.3 Å². The standard InChI is InChI=1S/C53H43N4O/c1-3-37(4-2)40-31-32-54-52(33-40)57-48-26-12-11-23-46(48)47-30-29-43(35-51(47)57)58-42-22-15-21-41(34-42)55-36-56(50-28-14-13-27-49(50)55)53-44(38-17-7-5-8-18-38)24-16-25-45(53)39-19-9-6-10-20-39/h5-37H,3-4H2,1-2H3/q+1/i5D,6D,7D,8D,9D,10D,17D,18D,19D,20D,37D. The van der Waals surface area contributed by atoms with Crippen molar-refractivity contribution in [1.82, 2.24) is 14.1 Å². The van der Waals surface area contributed by atoms with Gasteiger partial charge < -0.3 is 4.74 Å². The second-order valence-corrected chi connectivity index (χ2v) is 13.9. The normalized spacial score (nSPS) is 14.4. The Morgan fingerprint density at radius 1 is 0.638 bits per heavy atom. The first-order chi connectivity index (χ1) is 33.2. The molecule has 0 amide bonds. The van der Waals surface area contributed by atoms with Crippen molar-refractivity contribution in [3.63, 3.8) is 0 Å². The third-order valence-electron chi connectivity index (χ3n) is 10.7. The van der Waals surface area contributed by atoms with Crippen molar-refractivity contribution in [2.75, 3.05) is 0 Å². The van der Waals surface area contributed by atoms with Gasteiger partial charge >= 0.3 is 0 Å². The Hall–Kier alpha value is -7.24. The van der Waals surface area contributed by atoms with Crippen molar-refractivity contribution < 1.29 is 24.4 Å². The smallest absolute Gasteiger partial charge is 0.255 e. The van der Waals surface area contributed by atoms with Gasteiger partial charge in [-0.3, -0.25) is 4.57 Å². The minimum absolute atomic E-state index is 0.115. The fourth-order valence-electron chi connectivity index (χ4n) is 7.98. The number of aromatic nitrogens is 4. The van der Waals surface area contributed by atoms with Gasteiger partial charge in [0.25, 0.3) is 6.33 Å². The van der Waals surface area contributed by atoms with E-state index in [1.807, 2.05) is 109 Å². The van der Waals surface area contributed by atoms with Crippen molar-refractivity contribution in [2.24, 2.45) is 0 Å². The van der Waals surface area contributed by atoms with Crippen LogP contribution in [-0.2, 0) is 0 Å². The highest BCUT2D eigenvalue weighted by atomic mass is 16.5. The molecule has 0 aliphatic carbocycles. The Bertz CT molecular complexity index is 3580. The molecule has 280 valence electrons. The molecule has 0 unspecified atom stereocenters. The fraction of sp³-hybridized carbons (Fsp3) is 0.0943. The molecular formula is C53H43N4O+. The Balaban J connectivity index is 1.14. The SMILES string of the molecule is [2H]c1c([2H])c([2H])c(-c2cccc(-c3c([2H])c([2H])c([2H])c([2H])c3[2H])c2-[n+]2cn(-c3cccc(Oc4ccc5c6ccccc6n(-c6cc(C([2H])(CC)CC)ccn6)c5c4)c3)c3ccccc32)c([2H])c1[2H]. The number of ether oxygens (including phenoxy) is 1. The van der Waals surface area contributed by atoms with Crippen molar-refractivity contribution in [1.29, 1.82) is 0 Å². The molecule has 5 nitrogen and oxygen atoms in total. The number of rotatable bonds is 10. The number of pyridine rings is 1. The average Bonchev–Trinajstić information content (AvgIpc) is 3.92. The van der Waals surface area contributed by atoms with Gasteiger partial charge in [0.1, 0.15) is 28.7 Å². The van der Waals surface area contributed by atoms with E-state index in [9.17, 15) is 1.37 Å². The van der Waals surface area contributed by atoms with Crippen LogP contribution in [0.2, 0.25) is 0 Å². The maximum absolute atomic E-state index is 9.17. The maximum Gasteiger partial charge on any atom is 0.255 e. The first-order valence-electron chi connectivity index (χ1n) is 24.8. The van der Waals surface area contributed by atoms with Crippen LogP contribution < -0.4 is 9.30 Å². The van der Waals surface area contributed by atoms with Gasteiger partial charge in [-0.25, -0.2) is 4.98 Å². The van der Waals surface area contributed by atoms with Crippen LogP contribution >= 0.6 is 0 Å². The molecule has 3 aromatic heterocycles. The molecule has 0 radical (unpaired) electrons. The summed E-state index contributed by atoms with van der Waals surface area (Å²) in [6.45, 7) is 4.06. The summed E-state index contributed by atoms with van der Waals surface area (Å²) in [6, 6.07) is 32.6. The van der Waals surface area contributed by atoms with Crippen molar-refractivity contribution in [3.8, 4) is 50.9 Å². The molecule has 58 heavy (non-hydrogen) atoms. The zero-order valence-electron chi connectivity index (χ0n) is 42.8. The quantitative estimate of drug-likeness (QED) is 0.130. The zero-order chi connectivity index (χ0) is 48.6. The molecule has 0 fully saturated rings. The summed E-state index contributed by atoms with van der Waals surface area (Å²) in [6.07, 6.45) is 4.86. The molecule has 5 heteroatoms.